The summed E-state index contributed by atoms with van der Waals surface area (Å²) in [5, 5.41) is 0. The Labute approximate surface area is 189 Å². The second-order valence-corrected chi connectivity index (χ2v) is 8.53. The second kappa shape index (κ2) is 9.61. The third-order valence-corrected chi connectivity index (χ3v) is 6.58. The Morgan fingerprint density at radius 2 is 1.78 bits per heavy atom. The highest BCUT2D eigenvalue weighted by Gasteiger charge is 2.34. The van der Waals surface area contributed by atoms with Crippen molar-refractivity contribution >= 4 is 11.8 Å². The minimum absolute atomic E-state index is 0.0596. The number of primary amides is 1. The van der Waals surface area contributed by atoms with E-state index >= 15 is 0 Å². The molecule has 7 heteroatoms. The molecular weight excluding hydrogens is 406 g/mol. The molecule has 2 aromatic carbocycles. The number of nitrogens with zero attached hydrogens (tertiary/aromatic N) is 2. The average molecular weight is 438 g/mol. The van der Waals surface area contributed by atoms with Crippen molar-refractivity contribution in [2.45, 2.75) is 25.3 Å². The maximum atomic E-state index is 13.5. The normalized spacial score (nSPS) is 21.0. The van der Waals surface area contributed by atoms with Crippen LogP contribution in [0.15, 0.2) is 42.5 Å². The van der Waals surface area contributed by atoms with Gasteiger partial charge in [-0.3, -0.25) is 14.5 Å². The highest BCUT2D eigenvalue weighted by atomic mass is 16.5. The first kappa shape index (κ1) is 22.1. The maximum absolute atomic E-state index is 13.5. The molecule has 2 atom stereocenters. The zero-order valence-corrected chi connectivity index (χ0v) is 18.8. The van der Waals surface area contributed by atoms with Crippen LogP contribution in [-0.2, 0) is 16.0 Å². The first-order valence-corrected chi connectivity index (χ1v) is 11.1. The molecular formula is C25H31N3O4. The van der Waals surface area contributed by atoms with Gasteiger partial charge in [0.1, 0.15) is 0 Å². The van der Waals surface area contributed by atoms with Crippen LogP contribution in [0.1, 0.15) is 35.6 Å². The van der Waals surface area contributed by atoms with Crippen molar-refractivity contribution < 1.29 is 19.1 Å². The van der Waals surface area contributed by atoms with E-state index in [9.17, 15) is 9.59 Å². The van der Waals surface area contributed by atoms with Crippen LogP contribution in [0.4, 0.5) is 0 Å². The fraction of sp³-hybridized carbons (Fsp3) is 0.440. The zero-order valence-electron chi connectivity index (χ0n) is 18.8. The Morgan fingerprint density at radius 1 is 1.06 bits per heavy atom. The average Bonchev–Trinajstić information content (AvgIpc) is 2.82. The van der Waals surface area contributed by atoms with Gasteiger partial charge in [0.05, 0.1) is 32.7 Å². The van der Waals surface area contributed by atoms with Gasteiger partial charge in [0.15, 0.2) is 11.5 Å². The zero-order chi connectivity index (χ0) is 22.7. The predicted octanol–water partition coefficient (Wildman–Crippen LogP) is 2.38. The monoisotopic (exact) mass is 437 g/mol. The molecule has 32 heavy (non-hydrogen) atoms. The van der Waals surface area contributed by atoms with E-state index in [1.165, 1.54) is 0 Å². The Balaban J connectivity index is 1.65. The van der Waals surface area contributed by atoms with Crippen LogP contribution >= 0.6 is 0 Å². The molecule has 0 aromatic heterocycles. The quantitative estimate of drug-likeness (QED) is 0.750. The van der Waals surface area contributed by atoms with Crippen molar-refractivity contribution in [3.63, 3.8) is 0 Å². The van der Waals surface area contributed by atoms with Crippen LogP contribution in [-0.4, -0.2) is 62.0 Å². The number of amides is 2. The van der Waals surface area contributed by atoms with Gasteiger partial charge in [0.25, 0.3) is 0 Å². The van der Waals surface area contributed by atoms with E-state index in [-0.39, 0.29) is 30.3 Å². The summed E-state index contributed by atoms with van der Waals surface area (Å²) < 4.78 is 11.1. The summed E-state index contributed by atoms with van der Waals surface area (Å²) in [6.45, 7) is 2.26. The molecule has 1 fully saturated rings. The first-order valence-electron chi connectivity index (χ1n) is 11.1. The molecule has 2 aliphatic rings. The molecule has 1 saturated heterocycles. The van der Waals surface area contributed by atoms with Crippen LogP contribution in [0, 0.1) is 5.92 Å². The molecule has 2 amide bonds. The lowest BCUT2D eigenvalue weighted by Gasteiger charge is -2.40. The Morgan fingerprint density at radius 3 is 2.47 bits per heavy atom. The Kier molecular flexibility index (Phi) is 6.65. The molecule has 0 radical (unpaired) electrons. The number of ether oxygens (including phenoxy) is 2. The molecule has 4 rings (SSSR count). The molecule has 2 aromatic rings. The van der Waals surface area contributed by atoms with Crippen LogP contribution in [0.25, 0.3) is 0 Å². The Bertz CT molecular complexity index is 979. The van der Waals surface area contributed by atoms with Crippen molar-refractivity contribution in [2.75, 3.05) is 40.4 Å². The maximum Gasteiger partial charge on any atom is 0.237 e. The summed E-state index contributed by atoms with van der Waals surface area (Å²) >= 11 is 0. The van der Waals surface area contributed by atoms with E-state index in [1.807, 2.05) is 35.2 Å². The van der Waals surface area contributed by atoms with Gasteiger partial charge in [0, 0.05) is 13.1 Å². The summed E-state index contributed by atoms with van der Waals surface area (Å²) in [5.41, 5.74) is 8.80. The summed E-state index contributed by atoms with van der Waals surface area (Å²) in [6.07, 6.45) is 2.42. The number of hydrogen-bond acceptors (Lipinski definition) is 5. The number of piperidine rings is 1. The summed E-state index contributed by atoms with van der Waals surface area (Å²) in [7, 11) is 3.26. The van der Waals surface area contributed by atoms with Crippen molar-refractivity contribution in [3.8, 4) is 11.5 Å². The van der Waals surface area contributed by atoms with Gasteiger partial charge < -0.3 is 20.1 Å². The minimum atomic E-state index is -0.280. The lowest BCUT2D eigenvalue weighted by Crippen LogP contribution is -2.49. The SMILES string of the molecule is COc1cc2c(cc1OC)[C@H](c1ccccc1)N(C(=O)CN1CCC[C@@H](C(N)=O)C1)CC2. The molecule has 2 aliphatic heterocycles. The van der Waals surface area contributed by atoms with Crippen molar-refractivity contribution in [2.24, 2.45) is 11.7 Å². The number of rotatable bonds is 6. The molecule has 0 aliphatic carbocycles. The fourth-order valence-corrected chi connectivity index (χ4v) is 4.92. The van der Waals surface area contributed by atoms with Crippen molar-refractivity contribution in [1.82, 2.24) is 9.80 Å². The number of methoxy groups -OCH3 is 2. The molecule has 0 unspecified atom stereocenters. The number of nitrogens with two attached hydrogens (primary N) is 1. The van der Waals surface area contributed by atoms with E-state index in [0.29, 0.717) is 24.6 Å². The van der Waals surface area contributed by atoms with Gasteiger partial charge in [-0.1, -0.05) is 30.3 Å². The van der Waals surface area contributed by atoms with Gasteiger partial charge >= 0.3 is 0 Å². The van der Waals surface area contributed by atoms with Crippen LogP contribution in [0.5, 0.6) is 11.5 Å². The highest BCUT2D eigenvalue weighted by Crippen LogP contribution is 2.41. The van der Waals surface area contributed by atoms with Gasteiger partial charge in [-0.2, -0.15) is 0 Å². The molecule has 2 N–H and O–H groups in total. The largest absolute Gasteiger partial charge is 0.493 e. The molecule has 0 spiro atoms. The predicted molar refractivity (Wildman–Crippen MR) is 122 cm³/mol. The van der Waals surface area contributed by atoms with Gasteiger partial charge in [-0.25, -0.2) is 0 Å². The van der Waals surface area contributed by atoms with Gasteiger partial charge in [-0.05, 0) is 54.6 Å². The van der Waals surface area contributed by atoms with E-state index in [4.69, 9.17) is 15.2 Å². The minimum Gasteiger partial charge on any atom is -0.493 e. The van der Waals surface area contributed by atoms with E-state index < -0.39 is 0 Å². The smallest absolute Gasteiger partial charge is 0.237 e. The second-order valence-electron chi connectivity index (χ2n) is 8.53. The van der Waals surface area contributed by atoms with Crippen LogP contribution in [0.3, 0.4) is 0 Å². The van der Waals surface area contributed by atoms with Crippen molar-refractivity contribution in [1.29, 1.82) is 0 Å². The summed E-state index contributed by atoms with van der Waals surface area (Å²) in [4.78, 5) is 29.2. The molecule has 0 bridgehead atoms. The van der Waals surface area contributed by atoms with Crippen molar-refractivity contribution in [3.05, 3.63) is 59.2 Å². The standard InChI is InChI=1S/C25H31N3O4/c1-31-21-13-18-10-12-28(23(29)16-27-11-6-9-19(15-27)25(26)30)24(17-7-4-3-5-8-17)20(18)14-22(21)32-2/h3-5,7-8,13-14,19,24H,6,9-12,15-16H2,1-2H3,(H2,26,30)/t19-,24+/m1/s1. The number of likely N-dealkylation sites (tertiary alicyclic amines) is 1. The first-order chi connectivity index (χ1) is 15.5. The van der Waals surface area contributed by atoms with E-state index in [0.717, 1.165) is 42.5 Å². The van der Waals surface area contributed by atoms with Gasteiger partial charge in [-0.15, -0.1) is 0 Å². The summed E-state index contributed by atoms with van der Waals surface area (Å²) in [5.74, 6) is 0.951. The molecule has 7 nitrogen and oxygen atoms in total. The molecule has 170 valence electrons. The summed E-state index contributed by atoms with van der Waals surface area (Å²) in [6, 6.07) is 13.9. The number of fused-ring (bicyclic) bond motifs is 1. The third kappa shape index (κ3) is 4.43. The molecule has 2 heterocycles. The van der Waals surface area contributed by atoms with E-state index in [2.05, 4.69) is 17.0 Å². The number of carbonyl (C=O) groups excluding carboxylic acids is 2. The van der Waals surface area contributed by atoms with Crippen LogP contribution < -0.4 is 15.2 Å². The highest BCUT2D eigenvalue weighted by molar-refractivity contribution is 5.80. The van der Waals surface area contributed by atoms with Crippen LogP contribution in [0.2, 0.25) is 0 Å². The number of carbonyl (C=O) groups is 2. The topological polar surface area (TPSA) is 85.1 Å². The van der Waals surface area contributed by atoms with Gasteiger partial charge in [0.2, 0.25) is 11.8 Å². The lowest BCUT2D eigenvalue weighted by molar-refractivity contribution is -0.136. The lowest BCUT2D eigenvalue weighted by atomic mass is 9.87. The fourth-order valence-electron chi connectivity index (χ4n) is 4.92. The third-order valence-electron chi connectivity index (χ3n) is 6.58. The number of hydrogen-bond donors (Lipinski definition) is 1. The van der Waals surface area contributed by atoms with E-state index in [1.54, 1.807) is 14.2 Å². The number of benzene rings is 2. The Hall–Kier alpha value is -3.06. The molecule has 0 saturated carbocycles.